The van der Waals surface area contributed by atoms with Gasteiger partial charge in [0, 0.05) is 24.3 Å². The van der Waals surface area contributed by atoms with E-state index in [2.05, 4.69) is 23.1 Å². The van der Waals surface area contributed by atoms with Crippen molar-refractivity contribution in [3.05, 3.63) is 53.3 Å². The number of hydrogen-bond donors (Lipinski definition) is 0. The number of anilines is 1. The minimum Gasteiger partial charge on any atom is -0.371 e. The van der Waals surface area contributed by atoms with Gasteiger partial charge in [0.25, 0.3) is 0 Å². The van der Waals surface area contributed by atoms with Crippen LogP contribution in [-0.4, -0.2) is 13.1 Å². The highest BCUT2D eigenvalue weighted by Crippen LogP contribution is 2.34. The van der Waals surface area contributed by atoms with Crippen LogP contribution in [0, 0.1) is 24.1 Å². The Balaban J connectivity index is 2.11. The molecule has 2 aromatic rings. The van der Waals surface area contributed by atoms with Gasteiger partial charge in [-0.25, -0.2) is 4.39 Å². The SMILES string of the molecule is Cc1ccc(N2CCC2)c(-c2ccc(C#N)c(F)c2)c1. The van der Waals surface area contributed by atoms with Crippen LogP contribution >= 0.6 is 0 Å². The Labute approximate surface area is 118 Å². The maximum atomic E-state index is 13.8. The predicted molar refractivity (Wildman–Crippen MR) is 78.1 cm³/mol. The second kappa shape index (κ2) is 4.97. The second-order valence-electron chi connectivity index (χ2n) is 5.17. The predicted octanol–water partition coefficient (Wildman–Crippen LogP) is 3.88. The first-order valence-corrected chi connectivity index (χ1v) is 6.74. The molecule has 0 bridgehead atoms. The van der Waals surface area contributed by atoms with Gasteiger partial charge in [0.05, 0.1) is 5.56 Å². The molecule has 0 amide bonds. The van der Waals surface area contributed by atoms with Crippen molar-refractivity contribution in [3.8, 4) is 17.2 Å². The molecule has 0 N–H and O–H groups in total. The zero-order chi connectivity index (χ0) is 14.1. The van der Waals surface area contributed by atoms with Gasteiger partial charge >= 0.3 is 0 Å². The first kappa shape index (κ1) is 12.7. The Kier molecular flexibility index (Phi) is 3.15. The van der Waals surface area contributed by atoms with Crippen molar-refractivity contribution in [2.24, 2.45) is 0 Å². The van der Waals surface area contributed by atoms with Crippen LogP contribution in [0.15, 0.2) is 36.4 Å². The molecular formula is C17H15FN2. The minimum absolute atomic E-state index is 0.0897. The van der Waals surface area contributed by atoms with E-state index in [0.29, 0.717) is 0 Å². The lowest BCUT2D eigenvalue weighted by Crippen LogP contribution is -2.37. The summed E-state index contributed by atoms with van der Waals surface area (Å²) in [5.41, 5.74) is 4.24. The summed E-state index contributed by atoms with van der Waals surface area (Å²) in [5, 5.41) is 8.82. The van der Waals surface area contributed by atoms with E-state index in [4.69, 9.17) is 5.26 Å². The zero-order valence-electron chi connectivity index (χ0n) is 11.4. The van der Waals surface area contributed by atoms with Crippen molar-refractivity contribution in [2.75, 3.05) is 18.0 Å². The summed E-state index contributed by atoms with van der Waals surface area (Å²) in [6, 6.07) is 12.9. The Morgan fingerprint density at radius 3 is 2.55 bits per heavy atom. The molecule has 0 aliphatic carbocycles. The molecule has 0 saturated carbocycles. The van der Waals surface area contributed by atoms with Crippen molar-refractivity contribution in [2.45, 2.75) is 13.3 Å². The Bertz CT molecular complexity index is 697. The molecule has 1 aliphatic heterocycles. The third-order valence-electron chi connectivity index (χ3n) is 3.75. The zero-order valence-corrected chi connectivity index (χ0v) is 11.4. The number of nitriles is 1. The van der Waals surface area contributed by atoms with E-state index in [-0.39, 0.29) is 5.56 Å². The van der Waals surface area contributed by atoms with Crippen LogP contribution in [0.3, 0.4) is 0 Å². The van der Waals surface area contributed by atoms with E-state index in [9.17, 15) is 4.39 Å². The van der Waals surface area contributed by atoms with E-state index < -0.39 is 5.82 Å². The van der Waals surface area contributed by atoms with Crippen LogP contribution in [-0.2, 0) is 0 Å². The van der Waals surface area contributed by atoms with Gasteiger partial charge in [0.1, 0.15) is 11.9 Å². The third kappa shape index (κ3) is 2.14. The average molecular weight is 266 g/mol. The molecule has 1 aliphatic rings. The van der Waals surface area contributed by atoms with Crippen molar-refractivity contribution < 1.29 is 4.39 Å². The molecule has 20 heavy (non-hydrogen) atoms. The fourth-order valence-corrected chi connectivity index (χ4v) is 2.49. The first-order valence-electron chi connectivity index (χ1n) is 6.74. The van der Waals surface area contributed by atoms with Crippen LogP contribution in [0.4, 0.5) is 10.1 Å². The molecule has 1 heterocycles. The molecule has 100 valence electrons. The maximum Gasteiger partial charge on any atom is 0.141 e. The van der Waals surface area contributed by atoms with Crippen LogP contribution in [0.1, 0.15) is 17.5 Å². The number of rotatable bonds is 2. The van der Waals surface area contributed by atoms with Gasteiger partial charge in [-0.15, -0.1) is 0 Å². The van der Waals surface area contributed by atoms with Crippen LogP contribution < -0.4 is 4.90 Å². The number of benzene rings is 2. The number of nitrogens with zero attached hydrogens (tertiary/aromatic N) is 2. The van der Waals surface area contributed by atoms with E-state index in [1.807, 2.05) is 19.1 Å². The van der Waals surface area contributed by atoms with Crippen molar-refractivity contribution in [1.29, 1.82) is 5.26 Å². The third-order valence-corrected chi connectivity index (χ3v) is 3.75. The molecule has 0 spiro atoms. The fourth-order valence-electron chi connectivity index (χ4n) is 2.49. The van der Waals surface area contributed by atoms with Crippen molar-refractivity contribution >= 4 is 5.69 Å². The number of hydrogen-bond acceptors (Lipinski definition) is 2. The molecule has 0 aromatic heterocycles. The summed E-state index contributed by atoms with van der Waals surface area (Å²) in [7, 11) is 0. The standard InChI is InChI=1S/C17H15FN2/c1-12-3-6-17(20-7-2-8-20)15(9-12)13-4-5-14(11-19)16(18)10-13/h3-6,9-10H,2,7-8H2,1H3. The molecule has 2 aromatic carbocycles. The summed E-state index contributed by atoms with van der Waals surface area (Å²) < 4.78 is 13.8. The van der Waals surface area contributed by atoms with Gasteiger partial charge in [-0.3, -0.25) is 0 Å². The highest BCUT2D eigenvalue weighted by molar-refractivity contribution is 5.80. The fraction of sp³-hybridized carbons (Fsp3) is 0.235. The summed E-state index contributed by atoms with van der Waals surface area (Å²) in [6.07, 6.45) is 1.20. The van der Waals surface area contributed by atoms with Crippen LogP contribution in [0.25, 0.3) is 11.1 Å². The molecular weight excluding hydrogens is 251 g/mol. The van der Waals surface area contributed by atoms with E-state index in [1.54, 1.807) is 6.07 Å². The highest BCUT2D eigenvalue weighted by atomic mass is 19.1. The van der Waals surface area contributed by atoms with Gasteiger partial charge in [-0.1, -0.05) is 17.7 Å². The molecule has 0 unspecified atom stereocenters. The first-order chi connectivity index (χ1) is 9.69. The van der Waals surface area contributed by atoms with Gasteiger partial charge in [0.2, 0.25) is 0 Å². The molecule has 3 heteroatoms. The van der Waals surface area contributed by atoms with Crippen molar-refractivity contribution in [3.63, 3.8) is 0 Å². The summed E-state index contributed by atoms with van der Waals surface area (Å²) in [4.78, 5) is 2.30. The molecule has 0 atom stereocenters. The smallest absolute Gasteiger partial charge is 0.141 e. The normalized spacial score (nSPS) is 13.8. The largest absolute Gasteiger partial charge is 0.371 e. The topological polar surface area (TPSA) is 27.0 Å². The lowest BCUT2D eigenvalue weighted by molar-refractivity contribution is 0.617. The maximum absolute atomic E-state index is 13.8. The molecule has 1 saturated heterocycles. The average Bonchev–Trinajstić information content (AvgIpc) is 2.38. The monoisotopic (exact) mass is 266 g/mol. The Morgan fingerprint density at radius 1 is 1.15 bits per heavy atom. The molecule has 1 fully saturated rings. The number of halogens is 1. The van der Waals surface area contributed by atoms with Gasteiger partial charge in [-0.05, 0) is 43.2 Å². The van der Waals surface area contributed by atoms with Crippen LogP contribution in [0.2, 0.25) is 0 Å². The molecule has 0 radical (unpaired) electrons. The summed E-state index contributed by atoms with van der Waals surface area (Å²) >= 11 is 0. The number of aryl methyl sites for hydroxylation is 1. The van der Waals surface area contributed by atoms with Gasteiger partial charge < -0.3 is 4.90 Å². The summed E-state index contributed by atoms with van der Waals surface area (Å²) in [6.45, 7) is 4.13. The Hall–Kier alpha value is -2.34. The van der Waals surface area contributed by atoms with Crippen molar-refractivity contribution in [1.82, 2.24) is 0 Å². The Morgan fingerprint density at radius 2 is 1.95 bits per heavy atom. The quantitative estimate of drug-likeness (QED) is 0.824. The minimum atomic E-state index is -0.457. The molecule has 2 nitrogen and oxygen atoms in total. The second-order valence-corrected chi connectivity index (χ2v) is 5.17. The van der Waals surface area contributed by atoms with E-state index in [1.165, 1.54) is 12.5 Å². The summed E-state index contributed by atoms with van der Waals surface area (Å²) in [5.74, 6) is -0.457. The lowest BCUT2D eigenvalue weighted by atomic mass is 9.98. The van der Waals surface area contributed by atoms with E-state index >= 15 is 0 Å². The highest BCUT2D eigenvalue weighted by Gasteiger charge is 2.19. The van der Waals surface area contributed by atoms with Crippen LogP contribution in [0.5, 0.6) is 0 Å². The van der Waals surface area contributed by atoms with E-state index in [0.717, 1.165) is 35.5 Å². The van der Waals surface area contributed by atoms with Gasteiger partial charge in [-0.2, -0.15) is 5.26 Å². The molecule has 3 rings (SSSR count). The lowest BCUT2D eigenvalue weighted by Gasteiger charge is -2.35. The van der Waals surface area contributed by atoms with Gasteiger partial charge in [0.15, 0.2) is 0 Å².